The van der Waals surface area contributed by atoms with Crippen LogP contribution in [0.1, 0.15) is 62.8 Å². The average molecular weight is 939 g/mol. The summed E-state index contributed by atoms with van der Waals surface area (Å²) < 4.78 is 253. The fourth-order valence-electron chi connectivity index (χ4n) is 4.89. The summed E-state index contributed by atoms with van der Waals surface area (Å²) in [5.74, 6) is -56.4. The Balaban J connectivity index is -0.00000125. The van der Waals surface area contributed by atoms with Crippen molar-refractivity contribution < 1.29 is 96.8 Å². The molecule has 0 rings (SSSR count). The lowest BCUT2D eigenvalue weighted by atomic mass is 9.88. The Morgan fingerprint density at radius 2 is 0.821 bits per heavy atom. The molecule has 0 bridgehead atoms. The summed E-state index contributed by atoms with van der Waals surface area (Å²) in [5.41, 5.74) is 0. The predicted molar refractivity (Wildman–Crippen MR) is 194 cm³/mol. The van der Waals surface area contributed by atoms with Crippen LogP contribution in [0.15, 0.2) is 0 Å². The van der Waals surface area contributed by atoms with E-state index in [-0.39, 0.29) is 62.8 Å². The molecule has 0 saturated carbocycles. The zero-order chi connectivity index (χ0) is 41.2. The second-order valence-electron chi connectivity index (χ2n) is 14.0. The first-order valence-electron chi connectivity index (χ1n) is 15.1. The molecule has 1 unspecified atom stereocenters. The maximum Gasteiger partial charge on any atom is 0.460 e. The Labute approximate surface area is 325 Å². The molecule has 348 valence electrons. The zero-order valence-electron chi connectivity index (χ0n) is 28.9. The fraction of sp³-hybridized carbons (Fsp3) is 1.00. The monoisotopic (exact) mass is 938 g/mol. The van der Waals surface area contributed by atoms with Gasteiger partial charge in [-0.25, -0.2) is 0 Å². The van der Waals surface area contributed by atoms with E-state index in [9.17, 15) is 79.7 Å². The van der Waals surface area contributed by atoms with Crippen LogP contribution in [0.4, 0.5) is 74.6 Å². The molecule has 56 heavy (non-hydrogen) atoms. The van der Waals surface area contributed by atoms with E-state index in [1.165, 1.54) is 0 Å². The minimum Gasteiger partial charge on any atom is -0.437 e. The Hall–Kier alpha value is -0.522. The number of aliphatic hydroxyl groups is 1. The highest BCUT2D eigenvalue weighted by Gasteiger charge is 2.95. The van der Waals surface area contributed by atoms with Gasteiger partial charge in [0, 0.05) is 26.2 Å². The Kier molecular flexibility index (Phi) is 26.2. The number of hydrogen-bond acceptors (Lipinski definition) is 5. The fourth-order valence-corrected chi connectivity index (χ4v) is 23.7. The van der Waals surface area contributed by atoms with Gasteiger partial charge in [-0.2, -0.15) is 74.6 Å². The Morgan fingerprint density at radius 1 is 0.446 bits per heavy atom. The van der Waals surface area contributed by atoms with E-state index < -0.39 is 101 Å². The largest absolute Gasteiger partial charge is 0.460 e. The van der Waals surface area contributed by atoms with Crippen LogP contribution in [0, 0.1) is 0 Å². The summed E-state index contributed by atoms with van der Waals surface area (Å²) in [6, 6.07) is 0.739. The molecule has 0 heterocycles. The predicted octanol–water partition coefficient (Wildman–Crippen LogP) is 13.6. The SMILES string of the molecule is C.C.C.C.C.C[Si](C)(C)O[Si](C)(C)O[Si](C)(CCCOCCCC(F)(F)C(F)(F)C(F)(F)C(F)(F)C(F)(F)C(F)(F)C(F)(F)C(F)(F)F)O[Si](C)(C)CCCO. The van der Waals surface area contributed by atoms with Gasteiger partial charge in [0.05, 0.1) is 0 Å². The van der Waals surface area contributed by atoms with Crippen molar-refractivity contribution in [1.82, 2.24) is 0 Å². The van der Waals surface area contributed by atoms with Crippen LogP contribution >= 0.6 is 0 Å². The second kappa shape index (κ2) is 21.8. The molecule has 26 heteroatoms. The summed E-state index contributed by atoms with van der Waals surface area (Å²) in [6.45, 7) is 13.5. The molecule has 0 aromatic heterocycles. The minimum atomic E-state index is -8.65. The number of hydrogen-bond donors (Lipinski definition) is 1. The van der Waals surface area contributed by atoms with Crippen molar-refractivity contribution in [2.75, 3.05) is 19.8 Å². The van der Waals surface area contributed by atoms with Crippen LogP contribution in [0.5, 0.6) is 0 Å². The standard InChI is InChI=1S/C25H43F17O5Si4.5CH4/c1-48(2,3)45-50(6,7)47-51(8,46-49(4,5)16-10-13-43)17-11-15-44-14-9-12-18(26,27)19(28,29)20(30,31)21(32,33)22(34,35)23(36,37)24(38,39)25(40,41)42;;;;;/h43H,9-17H2,1-8H3;5*1H4. The van der Waals surface area contributed by atoms with Gasteiger partial charge < -0.3 is 22.2 Å². The van der Waals surface area contributed by atoms with Crippen molar-refractivity contribution >= 4 is 33.8 Å². The molecule has 0 fully saturated rings. The van der Waals surface area contributed by atoms with Crippen LogP contribution in [0.2, 0.25) is 64.5 Å². The second-order valence-corrected chi connectivity index (χ2v) is 30.3. The molecule has 0 radical (unpaired) electrons. The summed E-state index contributed by atoms with van der Waals surface area (Å²) in [6.07, 6.45) is -11.2. The molecule has 0 aromatic rings. The van der Waals surface area contributed by atoms with Crippen molar-refractivity contribution in [3.63, 3.8) is 0 Å². The first-order valence-corrected chi connectivity index (χ1v) is 27.0. The van der Waals surface area contributed by atoms with E-state index in [1.54, 1.807) is 19.6 Å². The van der Waals surface area contributed by atoms with Gasteiger partial charge in [-0.15, -0.1) is 0 Å². The van der Waals surface area contributed by atoms with Crippen molar-refractivity contribution in [2.24, 2.45) is 0 Å². The van der Waals surface area contributed by atoms with Gasteiger partial charge in [-0.3, -0.25) is 0 Å². The Morgan fingerprint density at radius 3 is 1.20 bits per heavy atom. The molecule has 0 aliphatic heterocycles. The van der Waals surface area contributed by atoms with Crippen LogP contribution in [0.25, 0.3) is 0 Å². The van der Waals surface area contributed by atoms with Gasteiger partial charge in [-0.1, -0.05) is 37.1 Å². The number of alkyl halides is 17. The van der Waals surface area contributed by atoms with Crippen molar-refractivity contribution in [3.8, 4) is 0 Å². The van der Waals surface area contributed by atoms with E-state index in [2.05, 4.69) is 0 Å². The third-order valence-corrected chi connectivity index (χ3v) is 21.8. The molecule has 0 saturated heterocycles. The highest BCUT2D eigenvalue weighted by molar-refractivity contribution is 6.89. The molecule has 0 spiro atoms. The van der Waals surface area contributed by atoms with E-state index >= 15 is 0 Å². The molecule has 0 aliphatic carbocycles. The molecule has 1 atom stereocenters. The number of ether oxygens (including phenoxy) is 1. The van der Waals surface area contributed by atoms with E-state index in [1.807, 2.05) is 32.7 Å². The zero-order valence-corrected chi connectivity index (χ0v) is 32.9. The van der Waals surface area contributed by atoms with Gasteiger partial charge in [0.1, 0.15) is 0 Å². The normalized spacial score (nSPS) is 15.3. The third kappa shape index (κ3) is 15.5. The highest BCUT2D eigenvalue weighted by Crippen LogP contribution is 2.64. The lowest BCUT2D eigenvalue weighted by Crippen LogP contribution is -2.74. The van der Waals surface area contributed by atoms with E-state index in [0.717, 1.165) is 0 Å². The van der Waals surface area contributed by atoms with Gasteiger partial charge in [-0.05, 0) is 83.7 Å². The lowest BCUT2D eigenvalue weighted by Gasteiger charge is -2.42. The maximum absolute atomic E-state index is 14.2. The van der Waals surface area contributed by atoms with Gasteiger partial charge in [0.15, 0.2) is 16.6 Å². The molecule has 0 amide bonds. The average Bonchev–Trinajstić information content (AvgIpc) is 2.87. The van der Waals surface area contributed by atoms with Crippen LogP contribution < -0.4 is 0 Å². The summed E-state index contributed by atoms with van der Waals surface area (Å²) >= 11 is 0. The van der Waals surface area contributed by atoms with Crippen molar-refractivity contribution in [2.45, 2.75) is 175 Å². The van der Waals surface area contributed by atoms with Crippen LogP contribution in [0.3, 0.4) is 0 Å². The molecule has 0 aliphatic rings. The minimum absolute atomic E-state index is 0. The van der Waals surface area contributed by atoms with Crippen molar-refractivity contribution in [3.05, 3.63) is 0 Å². The van der Waals surface area contributed by atoms with Gasteiger partial charge in [0.25, 0.3) is 0 Å². The first-order chi connectivity index (χ1) is 22.1. The molecular weight excluding hydrogens is 876 g/mol. The molecule has 0 aromatic carbocycles. The van der Waals surface area contributed by atoms with Crippen LogP contribution in [-0.4, -0.2) is 106 Å². The Bertz CT molecular complexity index is 1120. The summed E-state index contributed by atoms with van der Waals surface area (Å²) in [4.78, 5) is 0. The molecule has 1 N–H and O–H groups in total. The number of halogens is 17. The van der Waals surface area contributed by atoms with Crippen LogP contribution in [-0.2, 0) is 17.1 Å². The van der Waals surface area contributed by atoms with Crippen molar-refractivity contribution in [1.29, 1.82) is 0 Å². The first kappa shape index (κ1) is 67.3. The summed E-state index contributed by atoms with van der Waals surface area (Å²) in [7, 11) is -10.5. The smallest absolute Gasteiger partial charge is 0.437 e. The lowest BCUT2D eigenvalue weighted by molar-refractivity contribution is -0.461. The third-order valence-electron chi connectivity index (χ3n) is 6.93. The van der Waals surface area contributed by atoms with Gasteiger partial charge in [0.2, 0.25) is 0 Å². The quantitative estimate of drug-likeness (QED) is 0.0628. The topological polar surface area (TPSA) is 57.2 Å². The maximum atomic E-state index is 14.2. The van der Waals surface area contributed by atoms with Gasteiger partial charge >= 0.3 is 64.8 Å². The number of rotatable bonds is 23. The van der Waals surface area contributed by atoms with E-state index in [0.29, 0.717) is 12.5 Å². The highest BCUT2D eigenvalue weighted by atomic mass is 28.5. The molecular formula is C30H63F17O5Si4. The number of aliphatic hydroxyl groups excluding tert-OH is 1. The summed E-state index contributed by atoms with van der Waals surface area (Å²) in [5, 5.41) is 9.21. The van der Waals surface area contributed by atoms with E-state index in [4.69, 9.17) is 17.1 Å². The molecule has 5 nitrogen and oxygen atoms in total.